The predicted molar refractivity (Wildman–Crippen MR) is 106 cm³/mol. The van der Waals surface area contributed by atoms with Crippen LogP contribution in [0.15, 0.2) is 47.4 Å². The van der Waals surface area contributed by atoms with Crippen LogP contribution in [0.2, 0.25) is 0 Å². The topological polar surface area (TPSA) is 58.6 Å². The molecule has 0 saturated carbocycles. The minimum absolute atomic E-state index is 0.00290. The summed E-state index contributed by atoms with van der Waals surface area (Å²) in [6.07, 6.45) is 2.43. The van der Waals surface area contributed by atoms with Gasteiger partial charge in [0.25, 0.3) is 5.91 Å². The van der Waals surface area contributed by atoms with Crippen LogP contribution in [-0.4, -0.2) is 36.1 Å². The number of ether oxygens (including phenoxy) is 1. The number of carbonyl (C=O) groups is 2. The van der Waals surface area contributed by atoms with Crippen LogP contribution in [-0.2, 0) is 4.79 Å². The first-order chi connectivity index (χ1) is 13.2. The van der Waals surface area contributed by atoms with Gasteiger partial charge in [0.2, 0.25) is 5.91 Å². The summed E-state index contributed by atoms with van der Waals surface area (Å²) in [5, 5.41) is 2.92. The van der Waals surface area contributed by atoms with Crippen LogP contribution in [0.3, 0.4) is 0 Å². The lowest BCUT2D eigenvalue weighted by atomic mass is 10.0. The van der Waals surface area contributed by atoms with Gasteiger partial charge in [-0.1, -0.05) is 12.1 Å². The second kappa shape index (κ2) is 7.64. The quantitative estimate of drug-likeness (QED) is 0.868. The molecule has 27 heavy (non-hydrogen) atoms. The van der Waals surface area contributed by atoms with Crippen molar-refractivity contribution in [3.05, 3.63) is 53.6 Å². The average Bonchev–Trinajstić information content (AvgIpc) is 3.10. The number of likely N-dealkylation sites (tertiary alicyclic amines) is 1. The third kappa shape index (κ3) is 3.67. The summed E-state index contributed by atoms with van der Waals surface area (Å²) in [5.74, 6) is 1.59. The lowest BCUT2D eigenvalue weighted by molar-refractivity contribution is -0.115. The number of nitrogens with zero attached hydrogens (tertiary/aromatic N) is 1. The highest BCUT2D eigenvalue weighted by atomic mass is 32.2. The van der Waals surface area contributed by atoms with E-state index in [1.54, 1.807) is 18.9 Å². The number of fused-ring (bicyclic) bond motifs is 1. The van der Waals surface area contributed by atoms with Crippen LogP contribution in [0.25, 0.3) is 0 Å². The average molecular weight is 382 g/mol. The minimum atomic E-state index is 0.00290. The zero-order valence-corrected chi connectivity index (χ0v) is 16.1. The molecule has 140 valence electrons. The standard InChI is InChI=1S/C21H22N2O3S/c1-26-16-7-4-14(5-8-16)18-3-2-11-23(18)21(25)15-6-9-19-17(13-15)22-20(24)10-12-27-19/h4-9,13,18H,2-3,10-12H2,1H3,(H,22,24)/t18-/m0/s1. The van der Waals surface area contributed by atoms with Crippen molar-refractivity contribution < 1.29 is 14.3 Å². The van der Waals surface area contributed by atoms with Crippen LogP contribution in [0.5, 0.6) is 5.75 Å². The highest BCUT2D eigenvalue weighted by molar-refractivity contribution is 7.99. The van der Waals surface area contributed by atoms with Crippen LogP contribution >= 0.6 is 11.8 Å². The van der Waals surface area contributed by atoms with E-state index in [9.17, 15) is 9.59 Å². The van der Waals surface area contributed by atoms with Crippen molar-refractivity contribution in [3.8, 4) is 5.75 Å². The Morgan fingerprint density at radius 2 is 2.04 bits per heavy atom. The van der Waals surface area contributed by atoms with Crippen LogP contribution in [0, 0.1) is 0 Å². The number of anilines is 1. The molecule has 6 heteroatoms. The van der Waals surface area contributed by atoms with E-state index in [0.29, 0.717) is 12.0 Å². The molecule has 2 aliphatic rings. The number of benzene rings is 2. The molecule has 1 saturated heterocycles. The Bertz CT molecular complexity index is 866. The Morgan fingerprint density at radius 1 is 1.22 bits per heavy atom. The Morgan fingerprint density at radius 3 is 2.81 bits per heavy atom. The van der Waals surface area contributed by atoms with E-state index < -0.39 is 0 Å². The maximum atomic E-state index is 13.2. The molecule has 2 aliphatic heterocycles. The van der Waals surface area contributed by atoms with Crippen molar-refractivity contribution in [3.63, 3.8) is 0 Å². The van der Waals surface area contributed by atoms with Crippen LogP contribution < -0.4 is 10.1 Å². The van der Waals surface area contributed by atoms with E-state index in [4.69, 9.17) is 4.74 Å². The molecule has 2 amide bonds. The zero-order chi connectivity index (χ0) is 18.8. The molecule has 0 bridgehead atoms. The number of rotatable bonds is 3. The van der Waals surface area contributed by atoms with Gasteiger partial charge >= 0.3 is 0 Å². The van der Waals surface area contributed by atoms with Gasteiger partial charge in [-0.15, -0.1) is 11.8 Å². The van der Waals surface area contributed by atoms with Crippen molar-refractivity contribution in [1.82, 2.24) is 4.90 Å². The van der Waals surface area contributed by atoms with Gasteiger partial charge < -0.3 is 15.0 Å². The van der Waals surface area contributed by atoms with Gasteiger partial charge in [-0.3, -0.25) is 9.59 Å². The fourth-order valence-corrected chi connectivity index (χ4v) is 4.64. The van der Waals surface area contributed by atoms with Crippen molar-refractivity contribution in [1.29, 1.82) is 0 Å². The third-order valence-corrected chi connectivity index (χ3v) is 6.18. The molecule has 0 unspecified atom stereocenters. The third-order valence-electron chi connectivity index (χ3n) is 5.10. The second-order valence-corrected chi connectivity index (χ2v) is 7.92. The molecule has 0 spiro atoms. The number of carbonyl (C=O) groups excluding carboxylic acids is 2. The number of hydrogen-bond acceptors (Lipinski definition) is 4. The zero-order valence-electron chi connectivity index (χ0n) is 15.2. The summed E-state index contributed by atoms with van der Waals surface area (Å²) in [5.41, 5.74) is 2.49. The molecule has 0 aliphatic carbocycles. The second-order valence-electron chi connectivity index (χ2n) is 6.79. The van der Waals surface area contributed by atoms with Gasteiger partial charge in [0.05, 0.1) is 18.8 Å². The molecule has 2 aromatic carbocycles. The summed E-state index contributed by atoms with van der Waals surface area (Å²) in [6.45, 7) is 0.744. The summed E-state index contributed by atoms with van der Waals surface area (Å²) in [7, 11) is 1.65. The van der Waals surface area contributed by atoms with E-state index in [2.05, 4.69) is 5.32 Å². The van der Waals surface area contributed by atoms with Gasteiger partial charge in [-0.05, 0) is 48.7 Å². The normalized spacial score (nSPS) is 19.2. The molecule has 5 nitrogen and oxygen atoms in total. The summed E-state index contributed by atoms with van der Waals surface area (Å²) in [6, 6.07) is 13.6. The summed E-state index contributed by atoms with van der Waals surface area (Å²) in [4.78, 5) is 28.0. The van der Waals surface area contributed by atoms with Crippen LogP contribution in [0.4, 0.5) is 5.69 Å². The monoisotopic (exact) mass is 382 g/mol. The smallest absolute Gasteiger partial charge is 0.254 e. The summed E-state index contributed by atoms with van der Waals surface area (Å²) < 4.78 is 5.23. The largest absolute Gasteiger partial charge is 0.497 e. The molecule has 1 N–H and O–H groups in total. The Kier molecular flexibility index (Phi) is 5.07. The number of nitrogens with one attached hydrogen (secondary N) is 1. The Labute approximate surface area is 163 Å². The number of hydrogen-bond donors (Lipinski definition) is 1. The predicted octanol–water partition coefficient (Wildman–Crippen LogP) is 4.11. The van der Waals surface area contributed by atoms with Gasteiger partial charge in [-0.2, -0.15) is 0 Å². The van der Waals surface area contributed by atoms with Gasteiger partial charge in [-0.25, -0.2) is 0 Å². The van der Waals surface area contributed by atoms with Crippen molar-refractivity contribution in [2.45, 2.75) is 30.2 Å². The van der Waals surface area contributed by atoms with Gasteiger partial charge in [0, 0.05) is 29.2 Å². The van der Waals surface area contributed by atoms with E-state index >= 15 is 0 Å². The van der Waals surface area contributed by atoms with Gasteiger partial charge in [0.15, 0.2) is 0 Å². The first-order valence-corrected chi connectivity index (χ1v) is 10.2. The highest BCUT2D eigenvalue weighted by Crippen LogP contribution is 2.36. The van der Waals surface area contributed by atoms with E-state index in [1.807, 2.05) is 47.4 Å². The fraction of sp³-hybridized carbons (Fsp3) is 0.333. The Balaban J connectivity index is 1.58. The molecule has 2 heterocycles. The molecular weight excluding hydrogens is 360 g/mol. The van der Waals surface area contributed by atoms with E-state index in [1.165, 1.54) is 0 Å². The number of methoxy groups -OCH3 is 1. The molecule has 0 aromatic heterocycles. The lowest BCUT2D eigenvalue weighted by Gasteiger charge is -2.25. The highest BCUT2D eigenvalue weighted by Gasteiger charge is 2.31. The maximum Gasteiger partial charge on any atom is 0.254 e. The molecule has 4 rings (SSSR count). The molecule has 1 atom stereocenters. The van der Waals surface area contributed by atoms with Crippen molar-refractivity contribution in [2.24, 2.45) is 0 Å². The first kappa shape index (κ1) is 17.9. The lowest BCUT2D eigenvalue weighted by Crippen LogP contribution is -2.30. The summed E-state index contributed by atoms with van der Waals surface area (Å²) >= 11 is 1.65. The fourth-order valence-electron chi connectivity index (χ4n) is 3.70. The first-order valence-electron chi connectivity index (χ1n) is 9.17. The maximum absolute atomic E-state index is 13.2. The molecular formula is C21H22N2O3S. The number of amides is 2. The molecule has 1 fully saturated rings. The van der Waals surface area contributed by atoms with Crippen molar-refractivity contribution in [2.75, 3.05) is 24.7 Å². The Hall–Kier alpha value is -2.47. The minimum Gasteiger partial charge on any atom is -0.497 e. The van der Waals surface area contributed by atoms with Gasteiger partial charge in [0.1, 0.15) is 5.75 Å². The van der Waals surface area contributed by atoms with Crippen LogP contribution in [0.1, 0.15) is 41.2 Å². The van der Waals surface area contributed by atoms with Crippen molar-refractivity contribution >= 4 is 29.3 Å². The van der Waals surface area contributed by atoms with E-state index in [0.717, 1.165) is 47.0 Å². The molecule has 2 aromatic rings. The van der Waals surface area contributed by atoms with E-state index in [-0.39, 0.29) is 17.9 Å². The molecule has 0 radical (unpaired) electrons. The SMILES string of the molecule is COc1ccc([C@@H]2CCCN2C(=O)c2ccc3c(c2)NC(=O)CCS3)cc1. The number of thioether (sulfide) groups is 1.